The van der Waals surface area contributed by atoms with Crippen molar-refractivity contribution in [1.29, 1.82) is 0 Å². The molecule has 0 aromatic carbocycles. The zero-order valence-electron chi connectivity index (χ0n) is 11.7. The van der Waals surface area contributed by atoms with Crippen LogP contribution in [0.4, 0.5) is 0 Å². The maximum Gasteiger partial charge on any atom is 0.306 e. The minimum atomic E-state index is -0.140. The number of likely N-dealkylation sites (tertiary alicyclic amines) is 1. The predicted octanol–water partition coefficient (Wildman–Crippen LogP) is 0.594. The van der Waals surface area contributed by atoms with Crippen molar-refractivity contribution in [2.24, 2.45) is 0 Å². The maximum atomic E-state index is 11.2. The number of carbonyl (C=O) groups is 1. The monoisotopic (exact) mass is 258 g/mol. The molecule has 1 heterocycles. The summed E-state index contributed by atoms with van der Waals surface area (Å²) >= 11 is 0. The highest BCUT2D eigenvalue weighted by atomic mass is 16.5. The highest BCUT2D eigenvalue weighted by molar-refractivity contribution is 5.69. The van der Waals surface area contributed by atoms with Gasteiger partial charge in [0.25, 0.3) is 0 Å². The molecule has 0 atom stereocenters. The van der Waals surface area contributed by atoms with Gasteiger partial charge in [0.2, 0.25) is 0 Å². The zero-order valence-corrected chi connectivity index (χ0v) is 11.7. The van der Waals surface area contributed by atoms with E-state index in [1.54, 1.807) is 7.11 Å². The quantitative estimate of drug-likeness (QED) is 0.566. The second kappa shape index (κ2) is 9.30. The molecular weight excluding hydrogens is 232 g/mol. The smallest absolute Gasteiger partial charge is 0.306 e. The number of rotatable bonds is 9. The molecule has 1 fully saturated rings. The van der Waals surface area contributed by atoms with Gasteiger partial charge < -0.3 is 14.4 Å². The number of methoxy groups -OCH3 is 2. The van der Waals surface area contributed by atoms with Crippen LogP contribution in [0, 0.1) is 0 Å². The Morgan fingerprint density at radius 2 is 1.89 bits per heavy atom. The third kappa shape index (κ3) is 6.33. The highest BCUT2D eigenvalue weighted by Crippen LogP contribution is 2.07. The third-order valence-corrected chi connectivity index (χ3v) is 3.40. The van der Waals surface area contributed by atoms with Crippen LogP contribution >= 0.6 is 0 Å². The van der Waals surface area contributed by atoms with E-state index >= 15 is 0 Å². The van der Waals surface area contributed by atoms with Crippen molar-refractivity contribution in [3.8, 4) is 0 Å². The van der Waals surface area contributed by atoms with Crippen LogP contribution in [0.5, 0.6) is 0 Å². The van der Waals surface area contributed by atoms with E-state index in [0.29, 0.717) is 13.0 Å². The normalized spacial score (nSPS) is 16.4. The molecule has 1 aliphatic heterocycles. The van der Waals surface area contributed by atoms with Gasteiger partial charge in [-0.3, -0.25) is 9.69 Å². The molecule has 0 N–H and O–H groups in total. The molecule has 0 spiro atoms. The molecular formula is C13H26N2O3. The lowest BCUT2D eigenvalue weighted by atomic mass is 10.3. The summed E-state index contributed by atoms with van der Waals surface area (Å²) in [5, 5.41) is 0. The summed E-state index contributed by atoms with van der Waals surface area (Å²) in [4.78, 5) is 15.9. The van der Waals surface area contributed by atoms with Crippen LogP contribution in [0.25, 0.3) is 0 Å². The van der Waals surface area contributed by atoms with Gasteiger partial charge in [0.1, 0.15) is 0 Å². The fourth-order valence-electron chi connectivity index (χ4n) is 2.20. The predicted molar refractivity (Wildman–Crippen MR) is 70.6 cm³/mol. The van der Waals surface area contributed by atoms with Crippen LogP contribution in [0.1, 0.15) is 19.3 Å². The third-order valence-electron chi connectivity index (χ3n) is 3.40. The van der Waals surface area contributed by atoms with Crippen LogP contribution in [0.3, 0.4) is 0 Å². The van der Waals surface area contributed by atoms with Gasteiger partial charge >= 0.3 is 5.97 Å². The number of ether oxygens (including phenoxy) is 2. The van der Waals surface area contributed by atoms with Crippen molar-refractivity contribution in [3.63, 3.8) is 0 Å². The van der Waals surface area contributed by atoms with E-state index < -0.39 is 0 Å². The molecule has 0 amide bonds. The number of carbonyl (C=O) groups excluding carboxylic acids is 1. The molecule has 0 radical (unpaired) electrons. The molecule has 5 nitrogen and oxygen atoms in total. The van der Waals surface area contributed by atoms with Gasteiger partial charge in [-0.2, -0.15) is 0 Å². The van der Waals surface area contributed by atoms with E-state index in [4.69, 9.17) is 4.74 Å². The topological polar surface area (TPSA) is 42.0 Å². The molecule has 18 heavy (non-hydrogen) atoms. The standard InChI is InChI=1S/C13H26N2O3/c1-17-12-11-15(8-5-13(16)18-2)10-9-14-6-3-4-7-14/h3-12H2,1-2H3. The lowest BCUT2D eigenvalue weighted by Crippen LogP contribution is -2.37. The van der Waals surface area contributed by atoms with E-state index in [-0.39, 0.29) is 5.97 Å². The Morgan fingerprint density at radius 1 is 1.17 bits per heavy atom. The molecule has 5 heteroatoms. The highest BCUT2D eigenvalue weighted by Gasteiger charge is 2.14. The van der Waals surface area contributed by atoms with Crippen molar-refractivity contribution in [1.82, 2.24) is 9.80 Å². The van der Waals surface area contributed by atoms with Gasteiger partial charge in [-0.25, -0.2) is 0 Å². The molecule has 1 rings (SSSR count). The Labute approximate surface area is 110 Å². The molecule has 0 bridgehead atoms. The molecule has 0 unspecified atom stereocenters. The minimum Gasteiger partial charge on any atom is -0.469 e. The second-order valence-corrected chi connectivity index (χ2v) is 4.71. The van der Waals surface area contributed by atoms with E-state index in [2.05, 4.69) is 14.5 Å². The van der Waals surface area contributed by atoms with Gasteiger partial charge in [0, 0.05) is 33.3 Å². The molecule has 106 valence electrons. The summed E-state index contributed by atoms with van der Waals surface area (Å²) in [5.74, 6) is -0.140. The van der Waals surface area contributed by atoms with Crippen molar-refractivity contribution >= 4 is 5.97 Å². The van der Waals surface area contributed by atoms with Crippen molar-refractivity contribution in [3.05, 3.63) is 0 Å². The maximum absolute atomic E-state index is 11.2. The van der Waals surface area contributed by atoms with Gasteiger partial charge in [0.15, 0.2) is 0 Å². The van der Waals surface area contributed by atoms with Crippen molar-refractivity contribution in [2.75, 3.05) is 60.1 Å². The Morgan fingerprint density at radius 3 is 2.50 bits per heavy atom. The number of hydrogen-bond donors (Lipinski definition) is 0. The Hall–Kier alpha value is -0.650. The Balaban J connectivity index is 2.22. The van der Waals surface area contributed by atoms with E-state index in [9.17, 15) is 4.79 Å². The Bertz CT molecular complexity index is 230. The SMILES string of the molecule is COCCN(CCC(=O)OC)CCN1CCCC1. The summed E-state index contributed by atoms with van der Waals surface area (Å²) in [6.07, 6.45) is 3.10. The van der Waals surface area contributed by atoms with Crippen LogP contribution in [0.15, 0.2) is 0 Å². The van der Waals surface area contributed by atoms with Crippen LogP contribution in [-0.2, 0) is 14.3 Å². The second-order valence-electron chi connectivity index (χ2n) is 4.71. The average molecular weight is 258 g/mol. The molecule has 0 aliphatic carbocycles. The first-order chi connectivity index (χ1) is 8.76. The van der Waals surface area contributed by atoms with E-state index in [1.807, 2.05) is 0 Å². The summed E-state index contributed by atoms with van der Waals surface area (Å²) in [7, 11) is 3.14. The van der Waals surface area contributed by atoms with Crippen LogP contribution in [0.2, 0.25) is 0 Å². The van der Waals surface area contributed by atoms with Crippen LogP contribution in [-0.4, -0.2) is 75.9 Å². The minimum absolute atomic E-state index is 0.140. The fourth-order valence-corrected chi connectivity index (χ4v) is 2.20. The van der Waals surface area contributed by atoms with Gasteiger partial charge in [-0.15, -0.1) is 0 Å². The molecule has 1 aliphatic rings. The number of nitrogens with zero attached hydrogens (tertiary/aromatic N) is 2. The summed E-state index contributed by atoms with van der Waals surface area (Å²) < 4.78 is 9.78. The summed E-state index contributed by atoms with van der Waals surface area (Å²) in [6, 6.07) is 0. The van der Waals surface area contributed by atoms with Gasteiger partial charge in [-0.05, 0) is 25.9 Å². The fraction of sp³-hybridized carbons (Fsp3) is 0.923. The Kier molecular flexibility index (Phi) is 7.96. The number of esters is 1. The lowest BCUT2D eigenvalue weighted by Gasteiger charge is -2.24. The first-order valence-electron chi connectivity index (χ1n) is 6.76. The van der Waals surface area contributed by atoms with Gasteiger partial charge in [-0.1, -0.05) is 0 Å². The number of hydrogen-bond acceptors (Lipinski definition) is 5. The van der Waals surface area contributed by atoms with Gasteiger partial charge in [0.05, 0.1) is 20.1 Å². The van der Waals surface area contributed by atoms with Crippen LogP contribution < -0.4 is 0 Å². The van der Waals surface area contributed by atoms with Crippen molar-refractivity contribution < 1.29 is 14.3 Å². The zero-order chi connectivity index (χ0) is 13.2. The molecule has 0 aromatic heterocycles. The first-order valence-corrected chi connectivity index (χ1v) is 6.76. The first kappa shape index (κ1) is 15.4. The molecule has 1 saturated heterocycles. The largest absolute Gasteiger partial charge is 0.469 e. The average Bonchev–Trinajstić information content (AvgIpc) is 2.90. The van der Waals surface area contributed by atoms with E-state index in [0.717, 1.165) is 26.2 Å². The summed E-state index contributed by atoms with van der Waals surface area (Å²) in [5.41, 5.74) is 0. The van der Waals surface area contributed by atoms with Crippen molar-refractivity contribution in [2.45, 2.75) is 19.3 Å². The summed E-state index contributed by atoms with van der Waals surface area (Å²) in [6.45, 7) is 6.86. The lowest BCUT2D eigenvalue weighted by molar-refractivity contribution is -0.141. The van der Waals surface area contributed by atoms with E-state index in [1.165, 1.54) is 33.0 Å². The molecule has 0 saturated carbocycles. The molecule has 0 aromatic rings.